The van der Waals surface area contributed by atoms with Crippen LogP contribution >= 0.6 is 0 Å². The predicted octanol–water partition coefficient (Wildman–Crippen LogP) is 2.28. The van der Waals surface area contributed by atoms with Crippen LogP contribution in [0.25, 0.3) is 16.7 Å². The summed E-state index contributed by atoms with van der Waals surface area (Å²) >= 11 is 0. The summed E-state index contributed by atoms with van der Waals surface area (Å²) in [6.07, 6.45) is 1.76. The molecule has 1 saturated heterocycles. The van der Waals surface area contributed by atoms with Gasteiger partial charge >= 0.3 is 5.97 Å². The average Bonchev–Trinajstić information content (AvgIpc) is 3.05. The van der Waals surface area contributed by atoms with Crippen molar-refractivity contribution in [1.29, 1.82) is 0 Å². The number of benzene rings is 1. The van der Waals surface area contributed by atoms with Gasteiger partial charge in [0.05, 0.1) is 11.1 Å². The molecule has 2 fully saturated rings. The second-order valence-corrected chi connectivity index (χ2v) is 8.04. The molecule has 3 N–H and O–H groups in total. The Labute approximate surface area is 173 Å². The van der Waals surface area contributed by atoms with Crippen LogP contribution in [-0.4, -0.2) is 39.8 Å². The summed E-state index contributed by atoms with van der Waals surface area (Å²) in [4.78, 5) is 30.2. The van der Waals surface area contributed by atoms with Gasteiger partial charge in [-0.15, -0.1) is 0 Å². The molecule has 10 heteroatoms. The third-order valence-electron chi connectivity index (χ3n) is 6.23. The Balaban J connectivity index is 1.75. The second kappa shape index (κ2) is 6.81. The van der Waals surface area contributed by atoms with E-state index >= 15 is 0 Å². The molecule has 160 valence electrons. The Morgan fingerprint density at radius 1 is 1.16 bits per heavy atom. The number of anilines is 1. The van der Waals surface area contributed by atoms with Crippen molar-refractivity contribution in [2.45, 2.75) is 12.5 Å². The highest BCUT2D eigenvalue weighted by Gasteiger charge is 2.46. The molecule has 7 nitrogen and oxygen atoms in total. The monoisotopic (exact) mass is 430 g/mol. The third-order valence-corrected chi connectivity index (χ3v) is 6.23. The maximum atomic E-state index is 15.0. The smallest absolute Gasteiger partial charge is 0.341 e. The number of hydrogen-bond donors (Lipinski definition) is 2. The normalized spacial score (nSPS) is 22.5. The number of nitrogens with zero attached hydrogens (tertiary/aromatic N) is 3. The van der Waals surface area contributed by atoms with Crippen LogP contribution in [0.5, 0.6) is 0 Å². The number of rotatable bonds is 3. The van der Waals surface area contributed by atoms with Crippen molar-refractivity contribution in [1.82, 2.24) is 9.55 Å². The van der Waals surface area contributed by atoms with Gasteiger partial charge in [-0.05, 0) is 36.5 Å². The van der Waals surface area contributed by atoms with Gasteiger partial charge in [-0.2, -0.15) is 0 Å². The van der Waals surface area contributed by atoms with E-state index in [1.54, 1.807) is 4.90 Å². The molecule has 0 amide bonds. The number of hydrogen-bond acceptors (Lipinski definition) is 5. The fourth-order valence-electron chi connectivity index (χ4n) is 4.58. The summed E-state index contributed by atoms with van der Waals surface area (Å²) in [5.41, 5.74) is 4.04. The minimum Gasteiger partial charge on any atom is -0.477 e. The summed E-state index contributed by atoms with van der Waals surface area (Å²) < 4.78 is 43.9. The molecule has 2 aromatic heterocycles. The van der Waals surface area contributed by atoms with Gasteiger partial charge < -0.3 is 15.7 Å². The van der Waals surface area contributed by atoms with Crippen molar-refractivity contribution in [2.75, 3.05) is 18.0 Å². The molecule has 1 aliphatic carbocycles. The van der Waals surface area contributed by atoms with E-state index in [-0.39, 0.29) is 34.5 Å². The lowest BCUT2D eigenvalue weighted by molar-refractivity contribution is 0.0695. The van der Waals surface area contributed by atoms with E-state index < -0.39 is 34.4 Å². The molecule has 0 radical (unpaired) electrons. The van der Waals surface area contributed by atoms with Gasteiger partial charge in [0.2, 0.25) is 5.43 Å². The molecule has 3 atom stereocenters. The van der Waals surface area contributed by atoms with Crippen molar-refractivity contribution in [3.05, 3.63) is 63.7 Å². The molecule has 0 bridgehead atoms. The van der Waals surface area contributed by atoms with Crippen molar-refractivity contribution < 1.29 is 23.1 Å². The molecule has 1 saturated carbocycles. The maximum absolute atomic E-state index is 15.0. The Kier molecular flexibility index (Phi) is 4.30. The Bertz CT molecular complexity index is 1310. The van der Waals surface area contributed by atoms with E-state index in [1.165, 1.54) is 0 Å². The van der Waals surface area contributed by atoms with Crippen molar-refractivity contribution in [2.24, 2.45) is 17.6 Å². The van der Waals surface area contributed by atoms with Crippen LogP contribution in [0, 0.1) is 29.3 Å². The molecule has 5 rings (SSSR count). The zero-order chi connectivity index (χ0) is 22.0. The van der Waals surface area contributed by atoms with Crippen molar-refractivity contribution in [3.8, 4) is 5.69 Å². The lowest BCUT2D eigenvalue weighted by atomic mass is 9.72. The molecule has 1 aliphatic heterocycles. The van der Waals surface area contributed by atoms with E-state index in [9.17, 15) is 27.9 Å². The summed E-state index contributed by atoms with van der Waals surface area (Å²) in [6.45, 7) is 1.06. The van der Waals surface area contributed by atoms with Crippen molar-refractivity contribution in [3.63, 3.8) is 0 Å². The van der Waals surface area contributed by atoms with E-state index in [0.717, 1.165) is 35.4 Å². The zero-order valence-electron chi connectivity index (χ0n) is 16.1. The summed E-state index contributed by atoms with van der Waals surface area (Å²) in [6, 6.07) is 3.68. The number of aromatic nitrogens is 2. The van der Waals surface area contributed by atoms with Gasteiger partial charge in [0.1, 0.15) is 17.2 Å². The number of pyridine rings is 2. The lowest BCUT2D eigenvalue weighted by Crippen LogP contribution is -2.46. The average molecular weight is 430 g/mol. The zero-order valence-corrected chi connectivity index (χ0v) is 16.1. The first-order valence-electron chi connectivity index (χ1n) is 9.69. The Morgan fingerprint density at radius 3 is 2.58 bits per heavy atom. The molecular weight excluding hydrogens is 413 g/mol. The summed E-state index contributed by atoms with van der Waals surface area (Å²) in [7, 11) is 0. The fourth-order valence-corrected chi connectivity index (χ4v) is 4.58. The van der Waals surface area contributed by atoms with Crippen molar-refractivity contribution >= 4 is 22.8 Å². The Hall–Kier alpha value is -3.40. The van der Waals surface area contributed by atoms with E-state index in [2.05, 4.69) is 4.98 Å². The number of carboxylic acid groups (broad SMARTS) is 1. The summed E-state index contributed by atoms with van der Waals surface area (Å²) in [5, 5.41) is 9.08. The molecule has 2 aliphatic rings. The van der Waals surface area contributed by atoms with Gasteiger partial charge in [0, 0.05) is 31.4 Å². The first-order valence-corrected chi connectivity index (χ1v) is 9.69. The number of aromatic carboxylic acids is 1. The molecule has 31 heavy (non-hydrogen) atoms. The number of halogens is 3. The third kappa shape index (κ3) is 2.97. The molecule has 0 unspecified atom stereocenters. The highest BCUT2D eigenvalue weighted by Crippen LogP contribution is 2.41. The van der Waals surface area contributed by atoms with E-state index in [4.69, 9.17) is 5.73 Å². The fraction of sp³-hybridized carbons (Fsp3) is 0.286. The second-order valence-electron chi connectivity index (χ2n) is 8.04. The maximum Gasteiger partial charge on any atom is 0.341 e. The molecule has 3 aromatic rings. The standard InChI is InChI=1S/C21H17F3N4O3/c22-10-1-2-17(14(23)4-10)28-8-13(21(30)31)18(29)11-5-15(24)20(26-19(11)28)27-6-9-3-16(25)12(9)7-27/h1-2,4-5,8-9,12,16H,3,6-7,25H2,(H,30,31)/t9-,12+,16-/m1/s1. The minimum atomic E-state index is -1.56. The molecular formula is C21H17F3N4O3. The van der Waals surface area contributed by atoms with Crippen LogP contribution in [0.4, 0.5) is 19.0 Å². The number of nitrogens with two attached hydrogens (primary N) is 1. The molecule has 1 aromatic carbocycles. The number of carboxylic acids is 1. The van der Waals surface area contributed by atoms with Gasteiger partial charge in [0.25, 0.3) is 0 Å². The van der Waals surface area contributed by atoms with Gasteiger partial charge in [-0.25, -0.2) is 22.9 Å². The van der Waals surface area contributed by atoms with Crippen LogP contribution in [0.1, 0.15) is 16.8 Å². The highest BCUT2D eigenvalue weighted by molar-refractivity contribution is 5.92. The number of fused-ring (bicyclic) bond motifs is 2. The van der Waals surface area contributed by atoms with Crippen LogP contribution in [0.15, 0.2) is 35.3 Å². The first-order chi connectivity index (χ1) is 14.7. The number of carbonyl (C=O) groups is 1. The van der Waals surface area contributed by atoms with Crippen LogP contribution in [-0.2, 0) is 0 Å². The SMILES string of the molecule is N[C@@H]1C[C@@H]2CN(c3nc4c(cc3F)c(=O)c(C(=O)O)cn4-c3ccc(F)cc3F)C[C@@H]21. The van der Waals surface area contributed by atoms with E-state index in [0.29, 0.717) is 25.1 Å². The molecule has 0 spiro atoms. The van der Waals surface area contributed by atoms with Gasteiger partial charge in [-0.1, -0.05) is 0 Å². The van der Waals surface area contributed by atoms with Gasteiger partial charge in [0.15, 0.2) is 17.3 Å². The van der Waals surface area contributed by atoms with Gasteiger partial charge in [-0.3, -0.25) is 9.36 Å². The Morgan fingerprint density at radius 2 is 1.94 bits per heavy atom. The minimum absolute atomic E-state index is 0.0205. The predicted molar refractivity (Wildman–Crippen MR) is 106 cm³/mol. The largest absolute Gasteiger partial charge is 0.477 e. The highest BCUT2D eigenvalue weighted by atomic mass is 19.1. The van der Waals surface area contributed by atoms with Crippen LogP contribution in [0.2, 0.25) is 0 Å². The lowest BCUT2D eigenvalue weighted by Gasteiger charge is -2.36. The summed E-state index contributed by atoms with van der Waals surface area (Å²) in [5.74, 6) is -3.62. The molecule has 3 heterocycles. The topological polar surface area (TPSA) is 101 Å². The quantitative estimate of drug-likeness (QED) is 0.661. The first kappa shape index (κ1) is 19.6. The van der Waals surface area contributed by atoms with Crippen LogP contribution < -0.4 is 16.1 Å². The van der Waals surface area contributed by atoms with Crippen LogP contribution in [0.3, 0.4) is 0 Å². The van der Waals surface area contributed by atoms with E-state index in [1.807, 2.05) is 0 Å².